The molecular formula is C13H15FO3. The number of phenols is 1. The van der Waals surface area contributed by atoms with E-state index in [4.69, 9.17) is 0 Å². The van der Waals surface area contributed by atoms with Crippen LogP contribution in [0, 0.1) is 5.82 Å². The van der Waals surface area contributed by atoms with Crippen molar-refractivity contribution in [1.82, 2.24) is 0 Å². The molecule has 1 N–H and O–H groups in total. The van der Waals surface area contributed by atoms with E-state index in [0.717, 1.165) is 12.8 Å². The molecule has 3 nitrogen and oxygen atoms in total. The summed E-state index contributed by atoms with van der Waals surface area (Å²) in [7, 11) is 1.30. The molecule has 1 aromatic rings. The van der Waals surface area contributed by atoms with Gasteiger partial charge in [0, 0.05) is 12.0 Å². The first-order chi connectivity index (χ1) is 8.13. The molecular weight excluding hydrogens is 223 g/mol. The molecule has 1 aromatic carbocycles. The van der Waals surface area contributed by atoms with Crippen LogP contribution in [0.15, 0.2) is 12.1 Å². The SMILES string of the molecule is COC(=O)CCc1ccc(C2CC2)c(O)c1F. The van der Waals surface area contributed by atoms with Crippen LogP contribution in [-0.4, -0.2) is 18.2 Å². The van der Waals surface area contributed by atoms with Gasteiger partial charge in [0.15, 0.2) is 11.6 Å². The van der Waals surface area contributed by atoms with Crippen LogP contribution in [0.1, 0.15) is 36.3 Å². The summed E-state index contributed by atoms with van der Waals surface area (Å²) < 4.78 is 18.3. The molecule has 1 saturated carbocycles. The van der Waals surface area contributed by atoms with E-state index in [1.54, 1.807) is 12.1 Å². The van der Waals surface area contributed by atoms with Gasteiger partial charge in [-0.3, -0.25) is 4.79 Å². The summed E-state index contributed by atoms with van der Waals surface area (Å²) in [4.78, 5) is 11.0. The number of phenolic OH excluding ortho intramolecular Hbond substituents is 1. The molecule has 1 aliphatic carbocycles. The molecule has 2 rings (SSSR count). The van der Waals surface area contributed by atoms with Crippen molar-refractivity contribution in [3.63, 3.8) is 0 Å². The molecule has 1 aliphatic rings. The quantitative estimate of drug-likeness (QED) is 0.820. The van der Waals surface area contributed by atoms with Crippen molar-refractivity contribution in [3.8, 4) is 5.75 Å². The number of hydrogen-bond acceptors (Lipinski definition) is 3. The molecule has 0 saturated heterocycles. The second kappa shape index (κ2) is 4.73. The first-order valence-corrected chi connectivity index (χ1v) is 5.70. The zero-order valence-corrected chi connectivity index (χ0v) is 9.70. The number of hydrogen-bond donors (Lipinski definition) is 1. The Morgan fingerprint density at radius 3 is 2.82 bits per heavy atom. The number of methoxy groups -OCH3 is 1. The molecule has 0 heterocycles. The lowest BCUT2D eigenvalue weighted by atomic mass is 10.0. The van der Waals surface area contributed by atoms with Gasteiger partial charge in [-0.2, -0.15) is 0 Å². The molecule has 0 aliphatic heterocycles. The predicted molar refractivity (Wildman–Crippen MR) is 60.4 cm³/mol. The maximum atomic E-state index is 13.8. The van der Waals surface area contributed by atoms with E-state index in [1.807, 2.05) is 0 Å². The third kappa shape index (κ3) is 2.57. The molecule has 4 heteroatoms. The van der Waals surface area contributed by atoms with Gasteiger partial charge in [-0.05, 0) is 30.7 Å². The maximum absolute atomic E-state index is 13.8. The van der Waals surface area contributed by atoms with E-state index in [-0.39, 0.29) is 24.6 Å². The third-order valence-electron chi connectivity index (χ3n) is 3.07. The van der Waals surface area contributed by atoms with Gasteiger partial charge in [0.2, 0.25) is 0 Å². The van der Waals surface area contributed by atoms with Gasteiger partial charge in [0.25, 0.3) is 0 Å². The molecule has 17 heavy (non-hydrogen) atoms. The van der Waals surface area contributed by atoms with E-state index < -0.39 is 5.82 Å². The van der Waals surface area contributed by atoms with Crippen LogP contribution in [0.25, 0.3) is 0 Å². The smallest absolute Gasteiger partial charge is 0.305 e. The largest absolute Gasteiger partial charge is 0.505 e. The van der Waals surface area contributed by atoms with Gasteiger partial charge in [-0.15, -0.1) is 0 Å². The number of rotatable bonds is 4. The molecule has 0 bridgehead atoms. The van der Waals surface area contributed by atoms with Crippen LogP contribution in [-0.2, 0) is 16.0 Å². The number of ether oxygens (including phenoxy) is 1. The summed E-state index contributed by atoms with van der Waals surface area (Å²) in [5, 5.41) is 9.72. The highest BCUT2D eigenvalue weighted by atomic mass is 19.1. The highest BCUT2D eigenvalue weighted by Gasteiger charge is 2.28. The minimum absolute atomic E-state index is 0.121. The first kappa shape index (κ1) is 11.9. The minimum atomic E-state index is -0.599. The average Bonchev–Trinajstić information content (AvgIpc) is 3.14. The molecule has 0 unspecified atom stereocenters. The molecule has 0 spiro atoms. The van der Waals surface area contributed by atoms with Crippen molar-refractivity contribution in [2.45, 2.75) is 31.6 Å². The van der Waals surface area contributed by atoms with Gasteiger partial charge in [-0.1, -0.05) is 12.1 Å². The lowest BCUT2D eigenvalue weighted by molar-refractivity contribution is -0.140. The van der Waals surface area contributed by atoms with Crippen molar-refractivity contribution < 1.29 is 19.0 Å². The summed E-state index contributed by atoms with van der Waals surface area (Å²) in [5.74, 6) is -0.928. The summed E-state index contributed by atoms with van der Waals surface area (Å²) in [6.07, 6.45) is 2.38. The molecule has 0 amide bonds. The van der Waals surface area contributed by atoms with Gasteiger partial charge >= 0.3 is 5.97 Å². The van der Waals surface area contributed by atoms with E-state index in [0.29, 0.717) is 17.0 Å². The number of aromatic hydroxyl groups is 1. The molecule has 92 valence electrons. The molecule has 0 atom stereocenters. The van der Waals surface area contributed by atoms with Crippen molar-refractivity contribution in [2.75, 3.05) is 7.11 Å². The molecule has 0 radical (unpaired) electrons. The number of esters is 1. The summed E-state index contributed by atoms with van der Waals surface area (Å²) in [5.41, 5.74) is 1.04. The highest BCUT2D eigenvalue weighted by Crippen LogP contribution is 2.45. The summed E-state index contributed by atoms with van der Waals surface area (Å²) >= 11 is 0. The van der Waals surface area contributed by atoms with Gasteiger partial charge in [0.05, 0.1) is 7.11 Å². The second-order valence-corrected chi connectivity index (χ2v) is 4.33. The van der Waals surface area contributed by atoms with Crippen LogP contribution < -0.4 is 0 Å². The standard InChI is InChI=1S/C13H15FO3/c1-17-11(15)7-5-9-4-6-10(8-2-3-8)13(16)12(9)14/h4,6,8,16H,2-3,5,7H2,1H3. The Hall–Kier alpha value is -1.58. The highest BCUT2D eigenvalue weighted by molar-refractivity contribution is 5.69. The normalized spacial score (nSPS) is 14.7. The Bertz CT molecular complexity index is 439. The van der Waals surface area contributed by atoms with Crippen LogP contribution in [0.2, 0.25) is 0 Å². The summed E-state index contributed by atoms with van der Waals surface area (Å²) in [6, 6.07) is 3.40. The van der Waals surface area contributed by atoms with Crippen molar-refractivity contribution in [1.29, 1.82) is 0 Å². The number of benzene rings is 1. The van der Waals surface area contributed by atoms with Gasteiger partial charge in [-0.25, -0.2) is 4.39 Å². The fourth-order valence-corrected chi connectivity index (χ4v) is 1.88. The first-order valence-electron chi connectivity index (χ1n) is 5.70. The van der Waals surface area contributed by atoms with Gasteiger partial charge in [0.1, 0.15) is 0 Å². The number of carbonyl (C=O) groups is 1. The predicted octanol–water partition coefficient (Wildman–Crippen LogP) is 2.51. The maximum Gasteiger partial charge on any atom is 0.305 e. The number of aryl methyl sites for hydroxylation is 1. The average molecular weight is 238 g/mol. The monoisotopic (exact) mass is 238 g/mol. The fraction of sp³-hybridized carbons (Fsp3) is 0.462. The second-order valence-electron chi connectivity index (χ2n) is 4.33. The van der Waals surface area contributed by atoms with E-state index in [2.05, 4.69) is 4.74 Å². The van der Waals surface area contributed by atoms with Crippen molar-refractivity contribution in [2.24, 2.45) is 0 Å². The van der Waals surface area contributed by atoms with Crippen LogP contribution >= 0.6 is 0 Å². The Labute approximate surface area is 99.2 Å². The zero-order valence-electron chi connectivity index (χ0n) is 9.70. The van der Waals surface area contributed by atoms with Crippen LogP contribution in [0.3, 0.4) is 0 Å². The lowest BCUT2D eigenvalue weighted by Crippen LogP contribution is -2.03. The van der Waals surface area contributed by atoms with E-state index >= 15 is 0 Å². The lowest BCUT2D eigenvalue weighted by Gasteiger charge is -2.08. The van der Waals surface area contributed by atoms with E-state index in [1.165, 1.54) is 7.11 Å². The number of halogens is 1. The fourth-order valence-electron chi connectivity index (χ4n) is 1.88. The topological polar surface area (TPSA) is 46.5 Å². The number of carbonyl (C=O) groups excluding carboxylic acids is 1. The van der Waals surface area contributed by atoms with Gasteiger partial charge < -0.3 is 9.84 Å². The Morgan fingerprint density at radius 2 is 2.24 bits per heavy atom. The third-order valence-corrected chi connectivity index (χ3v) is 3.07. The van der Waals surface area contributed by atoms with Crippen LogP contribution in [0.5, 0.6) is 5.75 Å². The van der Waals surface area contributed by atoms with E-state index in [9.17, 15) is 14.3 Å². The van der Waals surface area contributed by atoms with Crippen molar-refractivity contribution >= 4 is 5.97 Å². The minimum Gasteiger partial charge on any atom is -0.505 e. The molecule has 0 aromatic heterocycles. The van der Waals surface area contributed by atoms with Crippen molar-refractivity contribution in [3.05, 3.63) is 29.1 Å². The Balaban J connectivity index is 2.13. The van der Waals surface area contributed by atoms with Crippen LogP contribution in [0.4, 0.5) is 4.39 Å². The molecule has 1 fully saturated rings. The zero-order chi connectivity index (χ0) is 12.4. The Morgan fingerprint density at radius 1 is 1.53 bits per heavy atom. The summed E-state index contributed by atoms with van der Waals surface area (Å²) in [6.45, 7) is 0. The Kier molecular flexibility index (Phi) is 3.31.